The van der Waals surface area contributed by atoms with Gasteiger partial charge in [0.2, 0.25) is 5.78 Å². The van der Waals surface area contributed by atoms with Crippen LogP contribution < -0.4 is 10.4 Å². The number of fused-ring (bicyclic) bond motifs is 1. The largest absolute Gasteiger partial charge is 0.288 e. The number of rotatable bonds is 1. The van der Waals surface area contributed by atoms with Crippen LogP contribution in [0.5, 0.6) is 0 Å². The van der Waals surface area contributed by atoms with E-state index >= 15 is 0 Å². The summed E-state index contributed by atoms with van der Waals surface area (Å²) in [5.41, 5.74) is 7.01. The van der Waals surface area contributed by atoms with E-state index in [1.807, 2.05) is 24.3 Å². The smallest absolute Gasteiger partial charge is 0.202 e. The van der Waals surface area contributed by atoms with E-state index in [4.69, 9.17) is 0 Å². The Balaban J connectivity index is 1.60. The monoisotopic (exact) mass is 362 g/mol. The van der Waals surface area contributed by atoms with Gasteiger partial charge in [-0.2, -0.15) is 0 Å². The van der Waals surface area contributed by atoms with Gasteiger partial charge in [-0.15, -0.1) is 0 Å². The van der Waals surface area contributed by atoms with Gasteiger partial charge < -0.3 is 0 Å². The van der Waals surface area contributed by atoms with Crippen molar-refractivity contribution in [2.45, 2.75) is 49.0 Å². The molecule has 3 aliphatic rings. The predicted molar refractivity (Wildman–Crippen MR) is 106 cm³/mol. The molecule has 5 rings (SSSR count). The van der Waals surface area contributed by atoms with Crippen LogP contribution in [-0.4, -0.2) is 11.3 Å². The van der Waals surface area contributed by atoms with E-state index in [0.29, 0.717) is 0 Å². The van der Waals surface area contributed by atoms with Gasteiger partial charge in [-0.3, -0.25) is 9.80 Å². The van der Waals surface area contributed by atoms with Crippen LogP contribution >= 0.6 is 11.8 Å². The average Bonchev–Trinajstić information content (AvgIpc) is 3.22. The van der Waals surface area contributed by atoms with Crippen molar-refractivity contribution in [3.8, 4) is 0 Å². The van der Waals surface area contributed by atoms with Crippen molar-refractivity contribution in [2.24, 2.45) is 0 Å². The van der Waals surface area contributed by atoms with Gasteiger partial charge in [-0.1, -0.05) is 61.4 Å². The summed E-state index contributed by atoms with van der Waals surface area (Å²) < 4.78 is 0. The zero-order chi connectivity index (χ0) is 17.6. The first kappa shape index (κ1) is 16.2. The van der Waals surface area contributed by atoms with Crippen molar-refractivity contribution in [3.05, 3.63) is 70.8 Å². The van der Waals surface area contributed by atoms with Gasteiger partial charge in [-0.05, 0) is 37.1 Å². The van der Waals surface area contributed by atoms with Crippen molar-refractivity contribution >= 4 is 23.2 Å². The summed E-state index contributed by atoms with van der Waals surface area (Å²) in [4.78, 5) is 15.1. The molecule has 2 aliphatic heterocycles. The van der Waals surface area contributed by atoms with Crippen molar-refractivity contribution < 1.29 is 4.79 Å². The molecule has 4 heteroatoms. The third kappa shape index (κ3) is 2.60. The second kappa shape index (κ2) is 6.29. The number of thioether (sulfide) groups is 1. The Morgan fingerprint density at radius 1 is 0.923 bits per heavy atom. The maximum absolute atomic E-state index is 13.1. The van der Waals surface area contributed by atoms with E-state index in [-0.39, 0.29) is 11.3 Å². The lowest BCUT2D eigenvalue weighted by atomic mass is 9.80. The molecule has 0 atom stereocenters. The maximum Gasteiger partial charge on any atom is 0.202 e. The van der Waals surface area contributed by atoms with Gasteiger partial charge in [-0.25, -0.2) is 5.43 Å². The number of nitrogens with one attached hydrogen (secondary N) is 1. The molecule has 2 heterocycles. The number of carbonyl (C=O) groups excluding carboxylic acids is 1. The summed E-state index contributed by atoms with van der Waals surface area (Å²) in [7, 11) is 0. The van der Waals surface area contributed by atoms with Crippen LogP contribution in [-0.2, 0) is 0 Å². The van der Waals surface area contributed by atoms with Crippen LogP contribution in [0.4, 0.5) is 5.69 Å². The molecule has 1 saturated heterocycles. The fourth-order valence-corrected chi connectivity index (χ4v) is 5.57. The molecule has 2 aromatic carbocycles. The minimum Gasteiger partial charge on any atom is -0.288 e. The topological polar surface area (TPSA) is 32.3 Å². The van der Waals surface area contributed by atoms with Crippen molar-refractivity contribution in [1.29, 1.82) is 0 Å². The molecule has 26 heavy (non-hydrogen) atoms. The first-order valence-electron chi connectivity index (χ1n) is 9.44. The molecule has 0 aromatic heterocycles. The summed E-state index contributed by atoms with van der Waals surface area (Å²) in [5, 5.41) is 2.19. The highest BCUT2D eigenvalue weighted by Gasteiger charge is 2.44. The summed E-state index contributed by atoms with van der Waals surface area (Å²) in [5.74, 6) is 0.177. The van der Waals surface area contributed by atoms with Gasteiger partial charge in [0.15, 0.2) is 0 Å². The van der Waals surface area contributed by atoms with Crippen LogP contribution in [0, 0.1) is 0 Å². The van der Waals surface area contributed by atoms with Crippen molar-refractivity contribution in [2.75, 3.05) is 5.01 Å². The fraction of sp³-hybridized carbons (Fsp3) is 0.318. The minimum atomic E-state index is 0.103. The predicted octanol–water partition coefficient (Wildman–Crippen LogP) is 5.30. The van der Waals surface area contributed by atoms with Crippen LogP contribution in [0.3, 0.4) is 0 Å². The molecule has 1 aliphatic carbocycles. The van der Waals surface area contributed by atoms with E-state index in [2.05, 4.69) is 40.8 Å². The Morgan fingerprint density at radius 2 is 1.65 bits per heavy atom. The molecule has 132 valence electrons. The molecule has 1 N–H and O–H groups in total. The summed E-state index contributed by atoms with van der Waals surface area (Å²) in [6, 6.07) is 18.4. The average molecular weight is 362 g/mol. The summed E-state index contributed by atoms with van der Waals surface area (Å²) >= 11 is 1.64. The van der Waals surface area contributed by atoms with Gasteiger partial charge in [0.1, 0.15) is 0 Å². The number of nitrogens with zero attached hydrogens (tertiary/aromatic N) is 1. The van der Waals surface area contributed by atoms with E-state index in [9.17, 15) is 4.79 Å². The number of para-hydroxylation sites is 1. The number of hydrogen-bond acceptors (Lipinski definition) is 4. The molecule has 0 unspecified atom stereocenters. The molecule has 1 spiro atoms. The number of benzene rings is 2. The zero-order valence-corrected chi connectivity index (χ0v) is 15.5. The molecule has 0 radical (unpaired) electrons. The van der Waals surface area contributed by atoms with Crippen LogP contribution in [0.1, 0.15) is 48.9 Å². The van der Waals surface area contributed by atoms with E-state index in [1.165, 1.54) is 32.1 Å². The van der Waals surface area contributed by atoms with E-state index < -0.39 is 0 Å². The highest BCUT2D eigenvalue weighted by Crippen LogP contribution is 2.48. The first-order valence-corrected chi connectivity index (χ1v) is 10.3. The third-order valence-electron chi connectivity index (χ3n) is 5.76. The van der Waals surface area contributed by atoms with Gasteiger partial charge in [0.05, 0.1) is 16.3 Å². The Morgan fingerprint density at radius 3 is 2.42 bits per heavy atom. The lowest BCUT2D eigenvalue weighted by molar-refractivity contribution is 0.104. The van der Waals surface area contributed by atoms with Gasteiger partial charge in [0, 0.05) is 22.4 Å². The molecular weight excluding hydrogens is 340 g/mol. The van der Waals surface area contributed by atoms with Crippen molar-refractivity contribution in [1.82, 2.24) is 5.43 Å². The lowest BCUT2D eigenvalue weighted by Gasteiger charge is -2.34. The normalized spacial score (nSPS) is 24.3. The van der Waals surface area contributed by atoms with Crippen LogP contribution in [0.2, 0.25) is 0 Å². The maximum atomic E-state index is 13.1. The van der Waals surface area contributed by atoms with Gasteiger partial charge >= 0.3 is 0 Å². The highest BCUT2D eigenvalue weighted by molar-refractivity contribution is 8.04. The molecule has 3 nitrogen and oxygen atoms in total. The van der Waals surface area contributed by atoms with Gasteiger partial charge in [0.25, 0.3) is 0 Å². The number of ketones is 1. The molecule has 0 bridgehead atoms. The third-order valence-corrected chi connectivity index (χ3v) is 6.96. The number of Topliss-reactive ketones (excluding diaryl/α,β-unsaturated/α-hetero) is 1. The quantitative estimate of drug-likeness (QED) is 0.697. The van der Waals surface area contributed by atoms with Crippen LogP contribution in [0.25, 0.3) is 0 Å². The number of carbonyl (C=O) groups is 1. The second-order valence-electron chi connectivity index (χ2n) is 7.50. The Hall–Kier alpha value is -2.04. The van der Waals surface area contributed by atoms with E-state index in [1.54, 1.807) is 11.8 Å². The number of anilines is 1. The van der Waals surface area contributed by atoms with Crippen LogP contribution in [0.15, 0.2) is 70.1 Å². The van der Waals surface area contributed by atoms with E-state index in [0.717, 1.165) is 33.2 Å². The molecule has 2 fully saturated rings. The number of hydrogen-bond donors (Lipinski definition) is 1. The molecule has 0 amide bonds. The number of hydrazine groups is 1. The summed E-state index contributed by atoms with van der Waals surface area (Å²) in [6.45, 7) is 0. The Kier molecular flexibility index (Phi) is 3.91. The SMILES string of the molecule is O=C1/C(=C2/CC3(CCCCC3)NN2c2ccccc2)Sc2ccccc21. The minimum absolute atomic E-state index is 0.103. The fourth-order valence-electron chi connectivity index (χ4n) is 4.45. The second-order valence-corrected chi connectivity index (χ2v) is 8.56. The lowest BCUT2D eigenvalue weighted by Crippen LogP contribution is -2.47. The Bertz CT molecular complexity index is 884. The first-order chi connectivity index (χ1) is 12.8. The molecule has 2 aromatic rings. The Labute approximate surface area is 158 Å². The van der Waals surface area contributed by atoms with Crippen molar-refractivity contribution in [3.63, 3.8) is 0 Å². The zero-order valence-electron chi connectivity index (χ0n) is 14.7. The number of allylic oxidation sites excluding steroid dienone is 1. The highest BCUT2D eigenvalue weighted by atomic mass is 32.2. The molecule has 1 saturated carbocycles. The molecular formula is C22H22N2OS. The summed E-state index contributed by atoms with van der Waals surface area (Å²) in [6.07, 6.45) is 7.14. The standard InChI is InChI=1S/C22H22N2OS/c25-20-17-11-5-6-12-19(17)26-21(20)18-15-22(13-7-2-8-14-22)23-24(18)16-9-3-1-4-10-16/h1,3-6,9-12,23H,2,7-8,13-15H2/b21-18+.